The molecule has 4 bridgehead atoms. The van der Waals surface area contributed by atoms with Crippen LogP contribution in [0.25, 0.3) is 0 Å². The van der Waals surface area contributed by atoms with Gasteiger partial charge in [-0.15, -0.1) is 13.2 Å². The molecule has 0 aromatic heterocycles. The lowest BCUT2D eigenvalue weighted by atomic mass is 9.43. The van der Waals surface area contributed by atoms with E-state index in [0.29, 0.717) is 35.4 Å². The van der Waals surface area contributed by atoms with Crippen LogP contribution < -0.4 is 15.2 Å². The first-order chi connectivity index (χ1) is 12.7. The van der Waals surface area contributed by atoms with E-state index in [-0.39, 0.29) is 12.0 Å². The van der Waals surface area contributed by atoms with Gasteiger partial charge in [0, 0.05) is 11.8 Å². The summed E-state index contributed by atoms with van der Waals surface area (Å²) in [6.07, 6.45) is 0.765. The fraction of sp³-hybridized carbons (Fsp3) is 0.700. The van der Waals surface area contributed by atoms with E-state index in [1.807, 2.05) is 6.07 Å². The van der Waals surface area contributed by atoms with Crippen molar-refractivity contribution in [3.05, 3.63) is 17.7 Å². The molecule has 1 aromatic carbocycles. The molecule has 1 aromatic rings. The van der Waals surface area contributed by atoms with Crippen LogP contribution >= 0.6 is 0 Å². The topological polar surface area (TPSA) is 53.7 Å². The predicted octanol–water partition coefficient (Wildman–Crippen LogP) is 4.66. The highest BCUT2D eigenvalue weighted by Crippen LogP contribution is 2.66. The number of methoxy groups -OCH3 is 2. The number of benzene rings is 1. The zero-order valence-electron chi connectivity index (χ0n) is 15.7. The summed E-state index contributed by atoms with van der Waals surface area (Å²) in [6.45, 7) is -0.252. The molecule has 4 aliphatic rings. The number of ether oxygens (including phenoxy) is 3. The Labute approximate surface area is 157 Å². The zero-order valence-corrected chi connectivity index (χ0v) is 15.7. The van der Waals surface area contributed by atoms with Crippen LogP contribution in [0, 0.1) is 17.3 Å². The van der Waals surface area contributed by atoms with Crippen LogP contribution in [0.15, 0.2) is 12.1 Å². The Morgan fingerprint density at radius 2 is 1.63 bits per heavy atom. The number of nitrogens with two attached hydrogens (primary N) is 1. The van der Waals surface area contributed by atoms with Gasteiger partial charge < -0.3 is 15.2 Å². The summed E-state index contributed by atoms with van der Waals surface area (Å²) in [5, 5.41) is 0. The van der Waals surface area contributed by atoms with Crippen molar-refractivity contribution >= 4 is 5.69 Å². The molecule has 4 aliphatic carbocycles. The Hall–Kier alpha value is -1.63. The van der Waals surface area contributed by atoms with Gasteiger partial charge in [-0.3, -0.25) is 4.74 Å². The van der Waals surface area contributed by atoms with E-state index in [0.717, 1.165) is 37.7 Å². The zero-order chi connectivity index (χ0) is 19.4. The van der Waals surface area contributed by atoms with Crippen molar-refractivity contribution in [1.29, 1.82) is 0 Å². The second-order valence-corrected chi connectivity index (χ2v) is 8.77. The molecule has 7 heteroatoms. The highest BCUT2D eigenvalue weighted by atomic mass is 19.4. The maximum atomic E-state index is 12.7. The van der Waals surface area contributed by atoms with Crippen molar-refractivity contribution in [2.75, 3.05) is 26.6 Å². The minimum atomic E-state index is -4.58. The number of hydrogen-bond donors (Lipinski definition) is 1. The van der Waals surface area contributed by atoms with E-state index >= 15 is 0 Å². The first-order valence-corrected chi connectivity index (χ1v) is 9.40. The lowest BCUT2D eigenvalue weighted by molar-refractivity contribution is -0.339. The quantitative estimate of drug-likeness (QED) is 0.749. The maximum Gasteiger partial charge on any atom is 0.522 e. The van der Waals surface area contributed by atoms with E-state index in [1.165, 1.54) is 0 Å². The molecule has 27 heavy (non-hydrogen) atoms. The van der Waals surface area contributed by atoms with E-state index in [4.69, 9.17) is 15.2 Å². The van der Waals surface area contributed by atoms with Gasteiger partial charge in [-0.25, -0.2) is 0 Å². The highest BCUT2D eigenvalue weighted by molar-refractivity contribution is 5.61. The number of nitrogen functional groups attached to an aromatic ring is 1. The van der Waals surface area contributed by atoms with Gasteiger partial charge >= 0.3 is 6.36 Å². The van der Waals surface area contributed by atoms with Gasteiger partial charge in [0.05, 0.1) is 20.8 Å². The standard InChI is InChI=1S/C20H26F3NO3/c1-25-16-4-14(15(24)5-17(16)26-2)19-8-12-3-13(9-19)7-18(6-12,10-19)11-27-20(21,22)23/h4-5,12-13H,3,6-11,24H2,1-2H3/t12-,13+,18?,19?. The van der Waals surface area contributed by atoms with Gasteiger partial charge in [0.15, 0.2) is 11.5 Å². The van der Waals surface area contributed by atoms with Crippen molar-refractivity contribution in [1.82, 2.24) is 0 Å². The third-order valence-electron chi connectivity index (χ3n) is 6.85. The van der Waals surface area contributed by atoms with Crippen LogP contribution in [0.2, 0.25) is 0 Å². The van der Waals surface area contributed by atoms with Crippen molar-refractivity contribution in [2.45, 2.75) is 50.3 Å². The molecule has 5 rings (SSSR count). The maximum absolute atomic E-state index is 12.7. The van der Waals surface area contributed by atoms with Crippen LogP contribution in [-0.4, -0.2) is 27.2 Å². The van der Waals surface area contributed by atoms with E-state index in [1.54, 1.807) is 20.3 Å². The first-order valence-electron chi connectivity index (χ1n) is 9.40. The Bertz CT molecular complexity index is 720. The molecule has 4 atom stereocenters. The number of anilines is 1. The molecule has 0 saturated heterocycles. The second-order valence-electron chi connectivity index (χ2n) is 8.77. The molecule has 0 heterocycles. The lowest BCUT2D eigenvalue weighted by Gasteiger charge is -2.62. The van der Waals surface area contributed by atoms with Crippen molar-refractivity contribution in [2.24, 2.45) is 17.3 Å². The molecular weight excluding hydrogens is 359 g/mol. The van der Waals surface area contributed by atoms with Gasteiger partial charge in [0.1, 0.15) is 0 Å². The van der Waals surface area contributed by atoms with Gasteiger partial charge in [-0.05, 0) is 72.8 Å². The van der Waals surface area contributed by atoms with Crippen molar-refractivity contribution < 1.29 is 27.4 Å². The molecule has 0 radical (unpaired) electrons. The summed E-state index contributed by atoms with van der Waals surface area (Å²) < 4.78 is 53.3. The van der Waals surface area contributed by atoms with Crippen molar-refractivity contribution in [3.8, 4) is 11.5 Å². The Kier molecular flexibility index (Phi) is 4.29. The lowest BCUT2D eigenvalue weighted by Crippen LogP contribution is -2.56. The SMILES string of the molecule is COc1cc(N)c(C23C[C@@H]4C[C@@H](CC(COC(F)(F)F)(C4)C2)C3)cc1OC. The number of halogens is 3. The third kappa shape index (κ3) is 3.24. The smallest absolute Gasteiger partial charge is 0.493 e. The van der Waals surface area contributed by atoms with Crippen LogP contribution in [-0.2, 0) is 10.2 Å². The molecule has 0 aliphatic heterocycles. The van der Waals surface area contributed by atoms with Crippen LogP contribution in [0.5, 0.6) is 11.5 Å². The predicted molar refractivity (Wildman–Crippen MR) is 94.8 cm³/mol. The molecule has 4 fully saturated rings. The average Bonchev–Trinajstić information content (AvgIpc) is 2.58. The fourth-order valence-electron chi connectivity index (χ4n) is 6.53. The summed E-state index contributed by atoms with van der Waals surface area (Å²) >= 11 is 0. The summed E-state index contributed by atoms with van der Waals surface area (Å²) in [7, 11) is 3.14. The highest BCUT2D eigenvalue weighted by Gasteiger charge is 2.59. The van der Waals surface area contributed by atoms with Crippen molar-refractivity contribution in [3.63, 3.8) is 0 Å². The van der Waals surface area contributed by atoms with Crippen LogP contribution in [0.3, 0.4) is 0 Å². The molecule has 0 spiro atoms. The molecule has 0 amide bonds. The van der Waals surface area contributed by atoms with E-state index < -0.39 is 11.8 Å². The molecule has 2 N–H and O–H groups in total. The molecule has 150 valence electrons. The number of hydrogen-bond acceptors (Lipinski definition) is 4. The average molecular weight is 385 g/mol. The minimum Gasteiger partial charge on any atom is -0.493 e. The number of rotatable bonds is 5. The third-order valence-corrected chi connectivity index (χ3v) is 6.85. The van der Waals surface area contributed by atoms with Crippen LogP contribution in [0.1, 0.15) is 44.1 Å². The van der Waals surface area contributed by atoms with Gasteiger partial charge in [-0.1, -0.05) is 0 Å². The second kappa shape index (κ2) is 6.19. The summed E-state index contributed by atoms with van der Waals surface area (Å²) in [5.74, 6) is 2.03. The Morgan fingerprint density at radius 3 is 2.19 bits per heavy atom. The largest absolute Gasteiger partial charge is 0.522 e. The minimum absolute atomic E-state index is 0.206. The monoisotopic (exact) mass is 385 g/mol. The Morgan fingerprint density at radius 1 is 1.04 bits per heavy atom. The Balaban J connectivity index is 1.71. The van der Waals surface area contributed by atoms with Gasteiger partial charge in [0.2, 0.25) is 0 Å². The van der Waals surface area contributed by atoms with Gasteiger partial charge in [0.25, 0.3) is 0 Å². The van der Waals surface area contributed by atoms with E-state index in [2.05, 4.69) is 4.74 Å². The normalized spacial score (nSPS) is 34.7. The fourth-order valence-corrected chi connectivity index (χ4v) is 6.53. The summed E-state index contributed by atoms with van der Waals surface area (Å²) in [6, 6.07) is 3.70. The summed E-state index contributed by atoms with van der Waals surface area (Å²) in [4.78, 5) is 0. The molecule has 4 nitrogen and oxygen atoms in total. The molecule has 2 unspecified atom stereocenters. The van der Waals surface area contributed by atoms with Crippen LogP contribution in [0.4, 0.5) is 18.9 Å². The van der Waals surface area contributed by atoms with E-state index in [9.17, 15) is 13.2 Å². The molecular formula is C20H26F3NO3. The summed E-state index contributed by atoms with van der Waals surface area (Å²) in [5.41, 5.74) is 7.38. The first kappa shape index (κ1) is 18.7. The number of alkyl halides is 3. The molecule has 4 saturated carbocycles. The van der Waals surface area contributed by atoms with Gasteiger partial charge in [-0.2, -0.15) is 0 Å².